The summed E-state index contributed by atoms with van der Waals surface area (Å²) in [6.07, 6.45) is 2.51. The molecule has 0 aromatic heterocycles. The zero-order chi connectivity index (χ0) is 13.7. The van der Waals surface area contributed by atoms with E-state index in [-0.39, 0.29) is 5.56 Å². The van der Waals surface area contributed by atoms with E-state index < -0.39 is 5.82 Å². The maximum atomic E-state index is 13.4. The summed E-state index contributed by atoms with van der Waals surface area (Å²) >= 11 is 0. The maximum absolute atomic E-state index is 13.4. The molecule has 0 saturated carbocycles. The number of nitrogens with one attached hydrogen (secondary N) is 1. The Bertz CT molecular complexity index is 459. The van der Waals surface area contributed by atoms with Crippen LogP contribution in [0.5, 0.6) is 0 Å². The number of hydrogen-bond acceptors (Lipinski definition) is 3. The van der Waals surface area contributed by atoms with Crippen molar-refractivity contribution in [2.75, 3.05) is 31.5 Å². The van der Waals surface area contributed by atoms with Gasteiger partial charge in [0.2, 0.25) is 0 Å². The molecular formula is C15H20FN3. The summed E-state index contributed by atoms with van der Waals surface area (Å²) in [5, 5.41) is 12.1. The van der Waals surface area contributed by atoms with Gasteiger partial charge in [0, 0.05) is 13.1 Å². The topological polar surface area (TPSA) is 39.1 Å². The summed E-state index contributed by atoms with van der Waals surface area (Å²) in [5.74, 6) is 0.372. The third kappa shape index (κ3) is 3.68. The summed E-state index contributed by atoms with van der Waals surface area (Å²) < 4.78 is 13.4. The fourth-order valence-corrected chi connectivity index (χ4v) is 2.42. The smallest absolute Gasteiger partial charge is 0.143 e. The van der Waals surface area contributed by atoms with E-state index >= 15 is 0 Å². The van der Waals surface area contributed by atoms with Gasteiger partial charge in [0.05, 0.1) is 5.69 Å². The second-order valence-corrected chi connectivity index (χ2v) is 5.23. The van der Waals surface area contributed by atoms with Crippen molar-refractivity contribution in [3.8, 4) is 6.07 Å². The van der Waals surface area contributed by atoms with Crippen molar-refractivity contribution in [1.29, 1.82) is 5.26 Å². The lowest BCUT2D eigenvalue weighted by Gasteiger charge is -2.30. The number of piperidine rings is 1. The van der Waals surface area contributed by atoms with E-state index in [9.17, 15) is 4.39 Å². The minimum Gasteiger partial charge on any atom is -0.383 e. The molecule has 1 fully saturated rings. The van der Waals surface area contributed by atoms with Gasteiger partial charge in [-0.3, -0.25) is 0 Å². The predicted molar refractivity (Wildman–Crippen MR) is 74.4 cm³/mol. The van der Waals surface area contributed by atoms with Crippen LogP contribution in [0.2, 0.25) is 0 Å². The third-order valence-electron chi connectivity index (χ3n) is 3.75. The lowest BCUT2D eigenvalue weighted by atomic mass is 9.99. The Kier molecular flexibility index (Phi) is 4.75. The lowest BCUT2D eigenvalue weighted by Crippen LogP contribution is -2.36. The number of anilines is 1. The van der Waals surface area contributed by atoms with Crippen LogP contribution >= 0.6 is 0 Å². The molecule has 1 aliphatic rings. The summed E-state index contributed by atoms with van der Waals surface area (Å²) in [7, 11) is 0. The van der Waals surface area contributed by atoms with Crippen LogP contribution in [0.25, 0.3) is 0 Å². The standard InChI is InChI=1S/C15H20FN3/c1-12-5-8-19(9-6-12)10-7-18-15-4-2-3-14(16)13(15)11-17/h2-4,12,18H,5-10H2,1H3. The van der Waals surface area contributed by atoms with Crippen LogP contribution in [0, 0.1) is 23.1 Å². The van der Waals surface area contributed by atoms with Crippen LogP contribution < -0.4 is 5.32 Å². The molecule has 4 heteroatoms. The van der Waals surface area contributed by atoms with E-state index in [4.69, 9.17) is 5.26 Å². The van der Waals surface area contributed by atoms with Gasteiger partial charge in [-0.2, -0.15) is 5.26 Å². The molecule has 1 saturated heterocycles. The first-order chi connectivity index (χ1) is 9.20. The number of nitriles is 1. The molecule has 3 nitrogen and oxygen atoms in total. The van der Waals surface area contributed by atoms with Crippen molar-refractivity contribution >= 4 is 5.69 Å². The van der Waals surface area contributed by atoms with Gasteiger partial charge >= 0.3 is 0 Å². The molecule has 0 aliphatic carbocycles. The van der Waals surface area contributed by atoms with Crippen molar-refractivity contribution in [3.63, 3.8) is 0 Å². The van der Waals surface area contributed by atoms with Gasteiger partial charge in [-0.05, 0) is 44.0 Å². The van der Waals surface area contributed by atoms with Crippen LogP contribution in [0.15, 0.2) is 18.2 Å². The van der Waals surface area contributed by atoms with E-state index in [1.54, 1.807) is 12.1 Å². The van der Waals surface area contributed by atoms with Gasteiger partial charge in [-0.1, -0.05) is 13.0 Å². The van der Waals surface area contributed by atoms with E-state index in [2.05, 4.69) is 17.1 Å². The van der Waals surface area contributed by atoms with E-state index in [0.29, 0.717) is 5.69 Å². The van der Waals surface area contributed by atoms with Crippen LogP contribution in [0.3, 0.4) is 0 Å². The summed E-state index contributed by atoms with van der Waals surface area (Å²) in [6, 6.07) is 6.60. The Morgan fingerprint density at radius 3 is 2.84 bits per heavy atom. The quantitative estimate of drug-likeness (QED) is 0.906. The van der Waals surface area contributed by atoms with Gasteiger partial charge in [0.1, 0.15) is 17.4 Å². The number of rotatable bonds is 4. The van der Waals surface area contributed by atoms with E-state index in [1.807, 2.05) is 6.07 Å². The van der Waals surface area contributed by atoms with Crippen LogP contribution in [-0.4, -0.2) is 31.1 Å². The molecule has 0 bridgehead atoms. The first-order valence-electron chi connectivity index (χ1n) is 6.85. The molecule has 102 valence electrons. The molecule has 0 atom stereocenters. The second kappa shape index (κ2) is 6.53. The zero-order valence-corrected chi connectivity index (χ0v) is 11.3. The average Bonchev–Trinajstić information content (AvgIpc) is 2.41. The van der Waals surface area contributed by atoms with Crippen molar-refractivity contribution in [1.82, 2.24) is 4.90 Å². The second-order valence-electron chi connectivity index (χ2n) is 5.23. The highest BCUT2D eigenvalue weighted by Gasteiger charge is 2.15. The molecule has 1 aromatic rings. The molecule has 1 N–H and O–H groups in total. The molecule has 1 aromatic carbocycles. The average molecular weight is 261 g/mol. The number of hydrogen-bond donors (Lipinski definition) is 1. The number of likely N-dealkylation sites (tertiary alicyclic amines) is 1. The predicted octanol–water partition coefficient (Wildman–Crippen LogP) is 2.84. The minimum atomic E-state index is -0.459. The van der Waals surface area contributed by atoms with E-state index in [0.717, 1.165) is 32.1 Å². The maximum Gasteiger partial charge on any atom is 0.143 e. The summed E-state index contributed by atoms with van der Waals surface area (Å²) in [4.78, 5) is 2.42. The number of nitrogens with zero attached hydrogens (tertiary/aromatic N) is 2. The van der Waals surface area contributed by atoms with Crippen LogP contribution in [0.4, 0.5) is 10.1 Å². The largest absolute Gasteiger partial charge is 0.383 e. The van der Waals surface area contributed by atoms with Gasteiger partial charge in [-0.15, -0.1) is 0 Å². The molecule has 19 heavy (non-hydrogen) atoms. The highest BCUT2D eigenvalue weighted by atomic mass is 19.1. The first-order valence-corrected chi connectivity index (χ1v) is 6.85. The Morgan fingerprint density at radius 1 is 1.42 bits per heavy atom. The summed E-state index contributed by atoms with van der Waals surface area (Å²) in [5.41, 5.74) is 0.697. The molecule has 2 rings (SSSR count). The van der Waals surface area contributed by atoms with Gasteiger partial charge in [-0.25, -0.2) is 4.39 Å². The number of halogens is 1. The zero-order valence-electron chi connectivity index (χ0n) is 11.3. The third-order valence-corrected chi connectivity index (χ3v) is 3.75. The Morgan fingerprint density at radius 2 is 2.16 bits per heavy atom. The van der Waals surface area contributed by atoms with Crippen molar-refractivity contribution < 1.29 is 4.39 Å². The SMILES string of the molecule is CC1CCN(CCNc2cccc(F)c2C#N)CC1. The molecule has 0 amide bonds. The molecule has 0 spiro atoms. The van der Waals surface area contributed by atoms with Gasteiger partial charge in [0.15, 0.2) is 0 Å². The monoisotopic (exact) mass is 261 g/mol. The van der Waals surface area contributed by atoms with Crippen LogP contribution in [-0.2, 0) is 0 Å². The summed E-state index contributed by atoms with van der Waals surface area (Å²) in [6.45, 7) is 6.25. The Hall–Kier alpha value is -1.60. The lowest BCUT2D eigenvalue weighted by molar-refractivity contribution is 0.199. The fraction of sp³-hybridized carbons (Fsp3) is 0.533. The van der Waals surface area contributed by atoms with E-state index in [1.165, 1.54) is 18.9 Å². The minimum absolute atomic E-state index is 0.106. The molecular weight excluding hydrogens is 241 g/mol. The van der Waals surface area contributed by atoms with Gasteiger partial charge in [0.25, 0.3) is 0 Å². The van der Waals surface area contributed by atoms with Crippen molar-refractivity contribution in [3.05, 3.63) is 29.6 Å². The Balaban J connectivity index is 1.83. The fourth-order valence-electron chi connectivity index (χ4n) is 2.42. The first kappa shape index (κ1) is 13.8. The van der Waals surface area contributed by atoms with Crippen molar-refractivity contribution in [2.45, 2.75) is 19.8 Å². The molecule has 0 radical (unpaired) electrons. The van der Waals surface area contributed by atoms with Crippen molar-refractivity contribution in [2.24, 2.45) is 5.92 Å². The molecule has 0 unspecified atom stereocenters. The molecule has 1 heterocycles. The normalized spacial score (nSPS) is 17.1. The molecule has 1 aliphatic heterocycles. The Labute approximate surface area is 114 Å². The van der Waals surface area contributed by atoms with Crippen LogP contribution in [0.1, 0.15) is 25.3 Å². The number of benzene rings is 1. The highest BCUT2D eigenvalue weighted by molar-refractivity contribution is 5.57. The highest BCUT2D eigenvalue weighted by Crippen LogP contribution is 2.18. The van der Waals surface area contributed by atoms with Gasteiger partial charge < -0.3 is 10.2 Å².